The van der Waals surface area contributed by atoms with Gasteiger partial charge in [-0.1, -0.05) is 18.2 Å². The number of nitrogens with one attached hydrogen (secondary N) is 1. The third kappa shape index (κ3) is 5.50. The van der Waals surface area contributed by atoms with E-state index in [1.807, 2.05) is 0 Å². The maximum Gasteiger partial charge on any atom is 0.412 e. The Kier molecular flexibility index (Phi) is 6.68. The molecule has 1 aliphatic carbocycles. The summed E-state index contributed by atoms with van der Waals surface area (Å²) < 4.78 is 78.7. The van der Waals surface area contributed by atoms with Gasteiger partial charge in [-0.2, -0.15) is 26.3 Å². The first-order valence-corrected chi connectivity index (χ1v) is 9.77. The molecule has 1 unspecified atom stereocenters. The number of hydroxylamine groups is 1. The highest BCUT2D eigenvalue weighted by molar-refractivity contribution is 5.93. The number of amides is 2. The summed E-state index contributed by atoms with van der Waals surface area (Å²) in [6.07, 6.45) is -9.20. The van der Waals surface area contributed by atoms with Crippen molar-refractivity contribution in [1.29, 1.82) is 0 Å². The molecular formula is C21H20F6N2O3. The minimum Gasteiger partial charge on any atom is -0.338 e. The van der Waals surface area contributed by atoms with Crippen LogP contribution in [-0.4, -0.2) is 40.8 Å². The van der Waals surface area contributed by atoms with Crippen LogP contribution in [0.1, 0.15) is 40.7 Å². The summed E-state index contributed by atoms with van der Waals surface area (Å²) in [6, 6.07) is 4.63. The number of halogens is 6. The van der Waals surface area contributed by atoms with E-state index in [4.69, 9.17) is 5.21 Å². The standard InChI is InChI=1S/C21H20F6N2O3/c22-20(23,24)16-6-12(7-17(10-16)21(25,26)27)8-18(30)29-5-1-2-13-9-14(19(31)28-32)3-4-15(13)11-29/h3-4,6-7,9,16,32H,1-2,5,8,10-11H2,(H,28,31). The molecule has 1 aliphatic heterocycles. The fourth-order valence-electron chi connectivity index (χ4n) is 3.87. The van der Waals surface area contributed by atoms with E-state index in [9.17, 15) is 35.9 Å². The highest BCUT2D eigenvalue weighted by Gasteiger charge is 2.45. The molecular weight excluding hydrogens is 442 g/mol. The highest BCUT2D eigenvalue weighted by Crippen LogP contribution is 2.42. The molecule has 5 nitrogen and oxygen atoms in total. The predicted octanol–water partition coefficient (Wildman–Crippen LogP) is 4.47. The summed E-state index contributed by atoms with van der Waals surface area (Å²) in [5, 5.41) is 8.75. The third-order valence-corrected chi connectivity index (χ3v) is 5.51. The Labute approximate surface area is 179 Å². The van der Waals surface area contributed by atoms with Gasteiger partial charge in [-0.15, -0.1) is 0 Å². The van der Waals surface area contributed by atoms with Crippen molar-refractivity contribution in [2.75, 3.05) is 6.54 Å². The summed E-state index contributed by atoms with van der Waals surface area (Å²) in [5.74, 6) is -3.57. The fraction of sp³-hybridized carbons (Fsp3) is 0.429. The Morgan fingerprint density at radius 1 is 1.12 bits per heavy atom. The molecule has 2 N–H and O–H groups in total. The number of hydrogen-bond acceptors (Lipinski definition) is 3. The number of carbonyl (C=O) groups is 2. The minimum absolute atomic E-state index is 0.112. The second-order valence-corrected chi connectivity index (χ2v) is 7.78. The van der Waals surface area contributed by atoms with Crippen molar-refractivity contribution in [2.24, 2.45) is 5.92 Å². The van der Waals surface area contributed by atoms with Gasteiger partial charge in [0.15, 0.2) is 0 Å². The molecule has 2 amide bonds. The zero-order valence-corrected chi connectivity index (χ0v) is 16.7. The molecule has 1 heterocycles. The summed E-state index contributed by atoms with van der Waals surface area (Å²) in [5.41, 5.74) is 1.62. The lowest BCUT2D eigenvalue weighted by molar-refractivity contribution is -0.166. The summed E-state index contributed by atoms with van der Waals surface area (Å²) >= 11 is 0. The Morgan fingerprint density at radius 3 is 2.47 bits per heavy atom. The third-order valence-electron chi connectivity index (χ3n) is 5.51. The van der Waals surface area contributed by atoms with Crippen molar-refractivity contribution in [2.45, 2.75) is 44.6 Å². The summed E-state index contributed by atoms with van der Waals surface area (Å²) in [4.78, 5) is 25.7. The monoisotopic (exact) mass is 462 g/mol. The van der Waals surface area contributed by atoms with Crippen LogP contribution in [0.5, 0.6) is 0 Å². The molecule has 3 rings (SSSR count). The van der Waals surface area contributed by atoms with Crippen molar-refractivity contribution in [1.82, 2.24) is 10.4 Å². The first-order valence-electron chi connectivity index (χ1n) is 9.77. The molecule has 1 aromatic carbocycles. The van der Waals surface area contributed by atoms with Crippen molar-refractivity contribution in [3.63, 3.8) is 0 Å². The van der Waals surface area contributed by atoms with Gasteiger partial charge in [0.2, 0.25) is 5.91 Å². The average Bonchev–Trinajstić information content (AvgIpc) is 2.93. The van der Waals surface area contributed by atoms with E-state index in [0.717, 1.165) is 5.56 Å². The van der Waals surface area contributed by atoms with Crippen LogP contribution < -0.4 is 5.48 Å². The van der Waals surface area contributed by atoms with Crippen LogP contribution in [-0.2, 0) is 17.8 Å². The Morgan fingerprint density at radius 2 is 1.84 bits per heavy atom. The van der Waals surface area contributed by atoms with Crippen molar-refractivity contribution in [3.05, 3.63) is 58.2 Å². The van der Waals surface area contributed by atoms with Crippen LogP contribution in [0.4, 0.5) is 26.3 Å². The van der Waals surface area contributed by atoms with E-state index in [1.54, 1.807) is 12.1 Å². The van der Waals surface area contributed by atoms with Crippen LogP contribution in [0.2, 0.25) is 0 Å². The molecule has 1 atom stereocenters. The quantitative estimate of drug-likeness (QED) is 0.396. The lowest BCUT2D eigenvalue weighted by atomic mass is 9.88. The second-order valence-electron chi connectivity index (χ2n) is 7.78. The zero-order chi connectivity index (χ0) is 23.7. The first kappa shape index (κ1) is 23.8. The number of benzene rings is 1. The van der Waals surface area contributed by atoms with Crippen LogP contribution in [0.25, 0.3) is 0 Å². The van der Waals surface area contributed by atoms with E-state index in [2.05, 4.69) is 0 Å². The number of aryl methyl sites for hydroxylation is 1. The summed E-state index contributed by atoms with van der Waals surface area (Å²) in [6.45, 7) is 0.377. The molecule has 1 aromatic rings. The van der Waals surface area contributed by atoms with Crippen LogP contribution in [0.15, 0.2) is 41.5 Å². The maximum absolute atomic E-state index is 13.1. The molecule has 11 heteroatoms. The van der Waals surface area contributed by atoms with Gasteiger partial charge in [0.25, 0.3) is 5.91 Å². The fourth-order valence-corrected chi connectivity index (χ4v) is 3.87. The second kappa shape index (κ2) is 8.97. The Balaban J connectivity index is 1.79. The largest absolute Gasteiger partial charge is 0.412 e. The number of allylic oxidation sites excluding steroid dienone is 3. The smallest absolute Gasteiger partial charge is 0.338 e. The van der Waals surface area contributed by atoms with Crippen molar-refractivity contribution in [3.8, 4) is 0 Å². The Hall–Kier alpha value is -2.82. The van der Waals surface area contributed by atoms with E-state index >= 15 is 0 Å². The van der Waals surface area contributed by atoms with Crippen molar-refractivity contribution < 1.29 is 41.1 Å². The van der Waals surface area contributed by atoms with Crippen LogP contribution in [0.3, 0.4) is 0 Å². The van der Waals surface area contributed by atoms with Gasteiger partial charge < -0.3 is 4.90 Å². The van der Waals surface area contributed by atoms with Gasteiger partial charge in [-0.3, -0.25) is 14.8 Å². The maximum atomic E-state index is 13.1. The number of hydrogen-bond donors (Lipinski definition) is 2. The van der Waals surface area contributed by atoms with E-state index in [0.29, 0.717) is 30.6 Å². The topological polar surface area (TPSA) is 69.6 Å². The first-order chi connectivity index (χ1) is 14.9. The van der Waals surface area contributed by atoms with Crippen molar-refractivity contribution >= 4 is 11.8 Å². The number of rotatable bonds is 3. The minimum atomic E-state index is -4.91. The molecule has 0 aromatic heterocycles. The molecule has 0 bridgehead atoms. The number of carbonyl (C=O) groups excluding carboxylic acids is 2. The molecule has 0 saturated heterocycles. The van der Waals surface area contributed by atoms with E-state index < -0.39 is 48.5 Å². The van der Waals surface area contributed by atoms with E-state index in [1.165, 1.54) is 16.4 Å². The molecule has 2 aliphatic rings. The molecule has 0 fully saturated rings. The van der Waals surface area contributed by atoms with Gasteiger partial charge in [0.05, 0.1) is 12.3 Å². The van der Waals surface area contributed by atoms with Gasteiger partial charge in [0.1, 0.15) is 0 Å². The molecule has 32 heavy (non-hydrogen) atoms. The van der Waals surface area contributed by atoms with E-state index in [-0.39, 0.29) is 24.2 Å². The van der Waals surface area contributed by atoms with Crippen LogP contribution >= 0.6 is 0 Å². The van der Waals surface area contributed by atoms with Gasteiger partial charge >= 0.3 is 12.4 Å². The molecule has 174 valence electrons. The summed E-state index contributed by atoms with van der Waals surface area (Å²) in [7, 11) is 0. The number of fused-ring (bicyclic) bond motifs is 1. The lowest BCUT2D eigenvalue weighted by Crippen LogP contribution is -2.32. The van der Waals surface area contributed by atoms with Gasteiger partial charge in [0, 0.05) is 24.2 Å². The van der Waals surface area contributed by atoms with Crippen LogP contribution in [0, 0.1) is 5.92 Å². The van der Waals surface area contributed by atoms with Gasteiger partial charge in [-0.25, -0.2) is 5.48 Å². The molecule has 0 radical (unpaired) electrons. The SMILES string of the molecule is O=C(NO)c1ccc2c(c1)CCCN(C(=O)CC1=CC(C(F)(F)F)CC(C(F)(F)F)=C1)C2. The highest BCUT2D eigenvalue weighted by atomic mass is 19.4. The van der Waals surface area contributed by atoms with Gasteiger partial charge in [-0.05, 0) is 48.1 Å². The predicted molar refractivity (Wildman–Crippen MR) is 100 cm³/mol. The Bertz CT molecular complexity index is 965. The number of nitrogens with zero attached hydrogens (tertiary/aromatic N) is 1. The zero-order valence-electron chi connectivity index (χ0n) is 16.7. The lowest BCUT2D eigenvalue weighted by Gasteiger charge is -2.26. The normalized spacial score (nSPS) is 19.5. The molecule has 0 spiro atoms. The molecule has 0 saturated carbocycles. The number of alkyl halides is 6. The average molecular weight is 462 g/mol.